The molecule has 0 aromatic rings. The van der Waals surface area contributed by atoms with E-state index in [-0.39, 0.29) is 12.1 Å². The molecular weight excluding hydrogens is 112 g/mol. The van der Waals surface area contributed by atoms with Gasteiger partial charge in [0.25, 0.3) is 0 Å². The Morgan fingerprint density at radius 1 is 1.11 bits per heavy atom. The van der Waals surface area contributed by atoms with Crippen molar-refractivity contribution >= 4 is 0 Å². The molecule has 0 aromatic heterocycles. The summed E-state index contributed by atoms with van der Waals surface area (Å²) in [7, 11) is 0. The van der Waals surface area contributed by atoms with Gasteiger partial charge in [0.1, 0.15) is 0 Å². The lowest BCUT2D eigenvalue weighted by atomic mass is 10.1. The van der Waals surface area contributed by atoms with Gasteiger partial charge in [-0.25, -0.2) is 0 Å². The van der Waals surface area contributed by atoms with Gasteiger partial charge in [0.15, 0.2) is 0 Å². The summed E-state index contributed by atoms with van der Waals surface area (Å²) in [4.78, 5) is 0. The maximum atomic E-state index is 3.94. The molecule has 0 fully saturated rings. The molecule has 0 N–H and O–H groups in total. The second-order valence-electron chi connectivity index (χ2n) is 2.07. The van der Waals surface area contributed by atoms with Gasteiger partial charge < -0.3 is 0 Å². The van der Waals surface area contributed by atoms with Gasteiger partial charge in [-0.15, -0.1) is 13.2 Å². The molecule has 2 nitrogen and oxygen atoms in total. The Labute approximate surface area is 55.0 Å². The summed E-state index contributed by atoms with van der Waals surface area (Å²) in [5, 5.41) is 7.88. The van der Waals surface area contributed by atoms with E-state index in [1.807, 2.05) is 12.2 Å². The summed E-state index contributed by atoms with van der Waals surface area (Å²) >= 11 is 0. The standard InChI is InChI=1S/C7H10N2/c1-3-6-5-7(4-2)9-8-6/h3-4,6-7H,1-2,5H2/t6-,7-/m1/s1. The van der Waals surface area contributed by atoms with Crippen LogP contribution in [0.4, 0.5) is 0 Å². The van der Waals surface area contributed by atoms with Crippen molar-refractivity contribution in [2.24, 2.45) is 10.2 Å². The molecule has 0 unspecified atom stereocenters. The fraction of sp³-hybridized carbons (Fsp3) is 0.429. The molecule has 48 valence electrons. The van der Waals surface area contributed by atoms with Crippen LogP contribution in [0.3, 0.4) is 0 Å². The molecule has 2 atom stereocenters. The molecule has 0 aromatic carbocycles. The Morgan fingerprint density at radius 2 is 1.56 bits per heavy atom. The molecule has 1 aliphatic heterocycles. The molecule has 1 rings (SSSR count). The van der Waals surface area contributed by atoms with Gasteiger partial charge in [-0.05, 0) is 0 Å². The lowest BCUT2D eigenvalue weighted by Gasteiger charge is -1.95. The zero-order chi connectivity index (χ0) is 6.69. The third kappa shape index (κ3) is 1.25. The van der Waals surface area contributed by atoms with Gasteiger partial charge in [0, 0.05) is 6.42 Å². The fourth-order valence-electron chi connectivity index (χ4n) is 0.800. The molecule has 0 saturated heterocycles. The van der Waals surface area contributed by atoms with Crippen LogP contribution in [0.2, 0.25) is 0 Å². The Balaban J connectivity index is 2.48. The first-order valence-electron chi connectivity index (χ1n) is 3.02. The Morgan fingerprint density at radius 3 is 1.78 bits per heavy atom. The fourth-order valence-corrected chi connectivity index (χ4v) is 0.800. The Hall–Kier alpha value is -0.920. The summed E-state index contributed by atoms with van der Waals surface area (Å²) in [6.07, 6.45) is 4.58. The minimum Gasteiger partial charge on any atom is -0.186 e. The third-order valence-electron chi connectivity index (χ3n) is 1.39. The number of hydrogen-bond donors (Lipinski definition) is 0. The van der Waals surface area contributed by atoms with Gasteiger partial charge in [0.2, 0.25) is 0 Å². The lowest BCUT2D eigenvalue weighted by molar-refractivity contribution is 0.768. The first-order valence-corrected chi connectivity index (χ1v) is 3.02. The summed E-state index contributed by atoms with van der Waals surface area (Å²) in [5.74, 6) is 0. The molecule has 0 amide bonds. The molecule has 0 aliphatic carbocycles. The van der Waals surface area contributed by atoms with Crippen LogP contribution in [0.25, 0.3) is 0 Å². The molecule has 0 saturated carbocycles. The van der Waals surface area contributed by atoms with Gasteiger partial charge in [-0.3, -0.25) is 0 Å². The minimum absolute atomic E-state index is 0.230. The van der Waals surface area contributed by atoms with Gasteiger partial charge in [-0.1, -0.05) is 12.2 Å². The molecule has 2 heteroatoms. The molecule has 1 aliphatic rings. The highest BCUT2D eigenvalue weighted by Gasteiger charge is 2.15. The maximum Gasteiger partial charge on any atom is 0.0910 e. The first kappa shape index (κ1) is 6.20. The highest BCUT2D eigenvalue weighted by Crippen LogP contribution is 2.16. The topological polar surface area (TPSA) is 24.7 Å². The van der Waals surface area contributed by atoms with Crippen molar-refractivity contribution < 1.29 is 0 Å². The van der Waals surface area contributed by atoms with Crippen LogP contribution in [-0.4, -0.2) is 12.1 Å². The molecular formula is C7H10N2. The Bertz CT molecular complexity index is 133. The lowest BCUT2D eigenvalue weighted by Crippen LogP contribution is -2.00. The molecule has 0 bridgehead atoms. The highest BCUT2D eigenvalue weighted by atomic mass is 15.2. The van der Waals surface area contributed by atoms with Crippen LogP contribution >= 0.6 is 0 Å². The van der Waals surface area contributed by atoms with E-state index in [9.17, 15) is 0 Å². The predicted octanol–water partition coefficient (Wildman–Crippen LogP) is 1.95. The number of rotatable bonds is 2. The number of azo groups is 1. The van der Waals surface area contributed by atoms with Crippen molar-refractivity contribution in [3.63, 3.8) is 0 Å². The second-order valence-corrected chi connectivity index (χ2v) is 2.07. The Kier molecular flexibility index (Phi) is 1.78. The van der Waals surface area contributed by atoms with Crippen LogP contribution < -0.4 is 0 Å². The monoisotopic (exact) mass is 122 g/mol. The van der Waals surface area contributed by atoms with E-state index in [1.54, 1.807) is 0 Å². The van der Waals surface area contributed by atoms with Gasteiger partial charge in [-0.2, -0.15) is 10.2 Å². The first-order chi connectivity index (χ1) is 4.36. The zero-order valence-corrected chi connectivity index (χ0v) is 5.33. The molecule has 0 spiro atoms. The van der Waals surface area contributed by atoms with Crippen molar-refractivity contribution in [3.05, 3.63) is 25.3 Å². The summed E-state index contributed by atoms with van der Waals surface area (Å²) in [6.45, 7) is 7.25. The second kappa shape index (κ2) is 2.58. The molecule has 9 heavy (non-hydrogen) atoms. The van der Waals surface area contributed by atoms with E-state index in [0.29, 0.717) is 0 Å². The van der Waals surface area contributed by atoms with Crippen molar-refractivity contribution in [2.75, 3.05) is 0 Å². The summed E-state index contributed by atoms with van der Waals surface area (Å²) in [5.41, 5.74) is 0. The SMILES string of the molecule is C=C[C@@H]1C[C@@H](C=C)N=N1. The van der Waals surface area contributed by atoms with Gasteiger partial charge in [0.05, 0.1) is 12.1 Å². The van der Waals surface area contributed by atoms with E-state index in [2.05, 4.69) is 23.4 Å². The molecule has 1 heterocycles. The van der Waals surface area contributed by atoms with E-state index in [4.69, 9.17) is 0 Å². The van der Waals surface area contributed by atoms with E-state index >= 15 is 0 Å². The van der Waals surface area contributed by atoms with Crippen molar-refractivity contribution in [2.45, 2.75) is 18.5 Å². The largest absolute Gasteiger partial charge is 0.186 e. The van der Waals surface area contributed by atoms with Crippen molar-refractivity contribution in [3.8, 4) is 0 Å². The van der Waals surface area contributed by atoms with E-state index in [0.717, 1.165) is 6.42 Å². The smallest absolute Gasteiger partial charge is 0.0910 e. The van der Waals surface area contributed by atoms with Crippen LogP contribution in [0.15, 0.2) is 35.5 Å². The highest BCUT2D eigenvalue weighted by molar-refractivity contribution is 4.98. The average Bonchev–Trinajstić information content (AvgIpc) is 2.34. The summed E-state index contributed by atoms with van der Waals surface area (Å²) in [6, 6.07) is 0.459. The number of hydrogen-bond acceptors (Lipinski definition) is 2. The van der Waals surface area contributed by atoms with Crippen LogP contribution in [0, 0.1) is 0 Å². The third-order valence-corrected chi connectivity index (χ3v) is 1.39. The number of nitrogens with zero attached hydrogens (tertiary/aromatic N) is 2. The average molecular weight is 122 g/mol. The summed E-state index contributed by atoms with van der Waals surface area (Å²) < 4.78 is 0. The van der Waals surface area contributed by atoms with Crippen LogP contribution in [0.5, 0.6) is 0 Å². The van der Waals surface area contributed by atoms with Crippen molar-refractivity contribution in [1.82, 2.24) is 0 Å². The van der Waals surface area contributed by atoms with Crippen molar-refractivity contribution in [1.29, 1.82) is 0 Å². The predicted molar refractivity (Wildman–Crippen MR) is 37.4 cm³/mol. The van der Waals surface area contributed by atoms with E-state index in [1.165, 1.54) is 0 Å². The van der Waals surface area contributed by atoms with Gasteiger partial charge >= 0.3 is 0 Å². The van der Waals surface area contributed by atoms with E-state index < -0.39 is 0 Å². The quantitative estimate of drug-likeness (QED) is 0.500. The van der Waals surface area contributed by atoms with Crippen LogP contribution in [-0.2, 0) is 0 Å². The minimum atomic E-state index is 0.230. The molecule has 0 radical (unpaired) electrons. The van der Waals surface area contributed by atoms with Crippen LogP contribution in [0.1, 0.15) is 6.42 Å². The zero-order valence-electron chi connectivity index (χ0n) is 5.33. The maximum absolute atomic E-state index is 3.94. The normalized spacial score (nSPS) is 32.4.